The van der Waals surface area contributed by atoms with E-state index >= 15 is 0 Å². The molecule has 2 aliphatic carbocycles. The number of hydrogen-bond donors (Lipinski definition) is 4. The summed E-state index contributed by atoms with van der Waals surface area (Å²) in [6.45, 7) is 15.2. The van der Waals surface area contributed by atoms with Crippen molar-refractivity contribution in [2.75, 3.05) is 19.0 Å². The zero-order valence-corrected chi connectivity index (χ0v) is 36.2. The lowest BCUT2D eigenvalue weighted by Crippen LogP contribution is -2.56. The monoisotopic (exact) mass is 836 g/mol. The molecule has 6 atom stereocenters. The summed E-state index contributed by atoms with van der Waals surface area (Å²) in [5, 5.41) is 11.1. The van der Waals surface area contributed by atoms with E-state index in [1.165, 1.54) is 23.2 Å². The number of alkyl carbamates (subject to hydrolysis) is 1. The molecule has 1 saturated heterocycles. The van der Waals surface area contributed by atoms with Crippen LogP contribution in [0.4, 0.5) is 9.93 Å². The molecular weight excluding hydrogens is 780 g/mol. The van der Waals surface area contributed by atoms with E-state index in [2.05, 4.69) is 22.5 Å². The summed E-state index contributed by atoms with van der Waals surface area (Å²) in [6, 6.07) is 5.88. The zero-order chi connectivity index (χ0) is 42.0. The summed E-state index contributed by atoms with van der Waals surface area (Å²) < 4.78 is 31.5. The molecule has 3 aliphatic rings. The minimum absolute atomic E-state index is 0.106. The van der Waals surface area contributed by atoms with Gasteiger partial charge in [0.1, 0.15) is 40.7 Å². The zero-order valence-electron chi connectivity index (χ0n) is 34.4. The Balaban J connectivity index is 1.31. The molecule has 2 aromatic heterocycles. The molecule has 4 N–H and O–H groups in total. The molecule has 0 radical (unpaired) electrons. The summed E-state index contributed by atoms with van der Waals surface area (Å²) in [6.07, 6.45) is 5.55. The molecular formula is C42H57N6O8PS. The Morgan fingerprint density at radius 1 is 1.14 bits per heavy atom. The van der Waals surface area contributed by atoms with Crippen molar-refractivity contribution < 1.29 is 38.1 Å². The number of fused-ring (bicyclic) bond motifs is 1. The van der Waals surface area contributed by atoms with Crippen LogP contribution in [0.3, 0.4) is 0 Å². The summed E-state index contributed by atoms with van der Waals surface area (Å²) in [5.41, 5.74) is 1.15. The highest BCUT2D eigenvalue weighted by Gasteiger charge is 2.64. The summed E-state index contributed by atoms with van der Waals surface area (Å²) in [7, 11) is -2.37. The SMILES string of the molecule is C=C[C@@H]1C[C@]1(NC(=O)CC1C[C@@H](Oc2cc(-c3csc(NC(C)C)n3)nc3cc(OC)ccc23)CN1C(=O)[C@@H](NC(=O)OC1CCCC1)C(C)(C)C)P(=O)(O)/C=C\C. The Bertz CT molecular complexity index is 2090. The van der Waals surface area contributed by atoms with Gasteiger partial charge in [0.2, 0.25) is 19.2 Å². The van der Waals surface area contributed by atoms with Gasteiger partial charge in [0.05, 0.1) is 24.9 Å². The Labute approximate surface area is 344 Å². The number of carbonyl (C=O) groups is 3. The smallest absolute Gasteiger partial charge is 0.408 e. The quantitative estimate of drug-likeness (QED) is 0.0865. The normalized spacial score (nSPS) is 23.7. The molecule has 0 bridgehead atoms. The molecule has 2 saturated carbocycles. The maximum Gasteiger partial charge on any atom is 0.408 e. The Kier molecular flexibility index (Phi) is 12.9. The van der Waals surface area contributed by atoms with Crippen LogP contribution in [0.2, 0.25) is 0 Å². The molecule has 3 fully saturated rings. The number of aromatic nitrogens is 2. The predicted molar refractivity (Wildman–Crippen MR) is 226 cm³/mol. The fraction of sp³-hybridized carbons (Fsp3) is 0.548. The molecule has 16 heteroatoms. The number of amides is 3. The van der Waals surface area contributed by atoms with Crippen LogP contribution >= 0.6 is 18.7 Å². The first-order valence-electron chi connectivity index (χ1n) is 20.0. The van der Waals surface area contributed by atoms with Crippen LogP contribution in [0.15, 0.2) is 54.2 Å². The summed E-state index contributed by atoms with van der Waals surface area (Å²) in [4.78, 5) is 64.2. The number of hydrogen-bond acceptors (Lipinski definition) is 11. The van der Waals surface area contributed by atoms with Gasteiger partial charge < -0.3 is 40.0 Å². The van der Waals surface area contributed by atoms with Gasteiger partial charge in [-0.15, -0.1) is 17.9 Å². The molecule has 6 rings (SSSR count). The maximum absolute atomic E-state index is 14.7. The number of nitrogens with one attached hydrogen (secondary N) is 3. The molecule has 1 aromatic carbocycles. The van der Waals surface area contributed by atoms with Gasteiger partial charge in [0, 0.05) is 53.7 Å². The van der Waals surface area contributed by atoms with Gasteiger partial charge in [-0.1, -0.05) is 32.9 Å². The third kappa shape index (κ3) is 9.53. The predicted octanol–water partition coefficient (Wildman–Crippen LogP) is 7.83. The highest BCUT2D eigenvalue weighted by molar-refractivity contribution is 7.63. The number of anilines is 1. The van der Waals surface area contributed by atoms with E-state index in [4.69, 9.17) is 24.2 Å². The number of likely N-dealkylation sites (tertiary alicyclic amines) is 1. The number of thiazole rings is 1. The average Bonchev–Trinajstić information content (AvgIpc) is 3.53. The lowest BCUT2D eigenvalue weighted by molar-refractivity contribution is -0.138. The van der Waals surface area contributed by atoms with Gasteiger partial charge in [-0.05, 0) is 76.2 Å². The van der Waals surface area contributed by atoms with E-state index in [0.29, 0.717) is 28.4 Å². The third-order valence-electron chi connectivity index (χ3n) is 11.0. The molecule has 314 valence electrons. The van der Waals surface area contributed by atoms with E-state index in [0.717, 1.165) is 36.2 Å². The van der Waals surface area contributed by atoms with Crippen LogP contribution in [-0.4, -0.2) is 86.9 Å². The largest absolute Gasteiger partial charge is 0.497 e. The minimum Gasteiger partial charge on any atom is -0.497 e. The second-order valence-electron chi connectivity index (χ2n) is 16.9. The summed E-state index contributed by atoms with van der Waals surface area (Å²) in [5.74, 6) is 1.12. The topological polar surface area (TPSA) is 181 Å². The number of methoxy groups -OCH3 is 1. The van der Waals surface area contributed by atoms with Gasteiger partial charge in [0.25, 0.3) is 0 Å². The number of nitrogens with zero attached hydrogens (tertiary/aromatic N) is 3. The summed E-state index contributed by atoms with van der Waals surface area (Å²) >= 11 is 1.47. The van der Waals surface area contributed by atoms with E-state index in [-0.39, 0.29) is 49.8 Å². The highest BCUT2D eigenvalue weighted by Crippen LogP contribution is 2.70. The molecule has 1 aliphatic heterocycles. The molecule has 14 nitrogen and oxygen atoms in total. The number of benzene rings is 1. The number of allylic oxidation sites excluding steroid dienone is 1. The standard InChI is InChI=1S/C42H57N6O8PS/c1-9-17-57(52,53)42(22-26(42)10-2)47-36(49)19-27-18-30(23-48(27)38(50)37(41(5,6)7)46-40(51)56-28-13-11-12-14-28)55-35-21-33(34-24-58-39(45-34)43-25(3)4)44-32-20-29(54-8)15-16-31(32)35/h9-10,15-17,20-21,24-28,30,37H,2,11-14,18-19,22-23H2,1,3-8H3,(H,43,45)(H,46,51)(H,47,49)(H,52,53)/b17-9-/t26-,27?,30-,37-,42+/m1/s1. The molecule has 2 unspecified atom stereocenters. The number of ether oxygens (including phenoxy) is 3. The molecule has 0 spiro atoms. The van der Waals surface area contributed by atoms with Crippen LogP contribution in [0, 0.1) is 11.3 Å². The first kappa shape index (κ1) is 43.1. The Morgan fingerprint density at radius 2 is 1.88 bits per heavy atom. The van der Waals surface area contributed by atoms with Gasteiger partial charge >= 0.3 is 6.09 Å². The lowest BCUT2D eigenvalue weighted by atomic mass is 9.85. The van der Waals surface area contributed by atoms with Crippen molar-refractivity contribution in [3.63, 3.8) is 0 Å². The minimum atomic E-state index is -3.95. The van der Waals surface area contributed by atoms with Crippen molar-refractivity contribution >= 4 is 52.6 Å². The average molecular weight is 837 g/mol. The fourth-order valence-corrected chi connectivity index (χ4v) is 10.8. The number of carbonyl (C=O) groups excluding carboxylic acids is 3. The van der Waals surface area contributed by atoms with Crippen molar-refractivity contribution in [3.05, 3.63) is 54.2 Å². The van der Waals surface area contributed by atoms with Gasteiger partial charge in [0.15, 0.2) is 5.13 Å². The first-order valence-corrected chi connectivity index (χ1v) is 22.6. The van der Waals surface area contributed by atoms with E-state index in [9.17, 15) is 23.8 Å². The van der Waals surface area contributed by atoms with E-state index < -0.39 is 48.3 Å². The third-order valence-corrected chi connectivity index (χ3v) is 14.3. The Hall–Kier alpha value is -4.46. The molecule has 3 heterocycles. The number of pyridine rings is 1. The second-order valence-corrected chi connectivity index (χ2v) is 20.1. The van der Waals surface area contributed by atoms with Crippen molar-refractivity contribution in [2.45, 2.75) is 122 Å². The van der Waals surface area contributed by atoms with E-state index in [1.54, 1.807) is 25.0 Å². The highest BCUT2D eigenvalue weighted by atomic mass is 32.1. The second kappa shape index (κ2) is 17.4. The van der Waals surface area contributed by atoms with Crippen LogP contribution in [-0.2, 0) is 18.9 Å². The van der Waals surface area contributed by atoms with Crippen LogP contribution in [0.25, 0.3) is 22.3 Å². The lowest BCUT2D eigenvalue weighted by Gasteiger charge is -2.35. The molecule has 3 amide bonds. The van der Waals surface area contributed by atoms with Crippen molar-refractivity contribution in [3.8, 4) is 22.9 Å². The van der Waals surface area contributed by atoms with Gasteiger partial charge in [-0.25, -0.2) is 14.8 Å². The first-order chi connectivity index (χ1) is 27.5. The fourth-order valence-electron chi connectivity index (χ4n) is 7.95. The van der Waals surface area contributed by atoms with Gasteiger partial charge in [-0.3, -0.25) is 14.2 Å². The maximum atomic E-state index is 14.7. The van der Waals surface area contributed by atoms with Crippen LogP contribution in [0.1, 0.15) is 86.5 Å². The van der Waals surface area contributed by atoms with Crippen LogP contribution in [0.5, 0.6) is 11.5 Å². The van der Waals surface area contributed by atoms with Crippen LogP contribution < -0.4 is 25.4 Å². The molecule has 3 aromatic rings. The van der Waals surface area contributed by atoms with Crippen molar-refractivity contribution in [1.29, 1.82) is 0 Å². The molecule has 58 heavy (non-hydrogen) atoms. The Morgan fingerprint density at radius 3 is 2.52 bits per heavy atom. The van der Waals surface area contributed by atoms with Gasteiger partial charge in [-0.2, -0.15) is 0 Å². The van der Waals surface area contributed by atoms with E-state index in [1.807, 2.05) is 64.3 Å². The van der Waals surface area contributed by atoms with Crippen molar-refractivity contribution in [2.24, 2.45) is 11.3 Å². The van der Waals surface area contributed by atoms with Crippen molar-refractivity contribution in [1.82, 2.24) is 25.5 Å². The number of rotatable bonds is 15.